The summed E-state index contributed by atoms with van der Waals surface area (Å²) in [7, 11) is 0. The largest absolute Gasteiger partial charge is 0.442 e. The minimum atomic E-state index is -0.580. The third-order valence-electron chi connectivity index (χ3n) is 3.13. The number of esters is 1. The molecule has 0 spiro atoms. The highest BCUT2D eigenvalue weighted by Gasteiger charge is 2.23. The summed E-state index contributed by atoms with van der Waals surface area (Å²) in [6, 6.07) is 3.84. The molecule has 1 N–H and O–H groups in total. The van der Waals surface area contributed by atoms with Crippen molar-refractivity contribution in [3.63, 3.8) is 0 Å². The van der Waals surface area contributed by atoms with Gasteiger partial charge in [0.2, 0.25) is 0 Å². The number of oxime groups is 1. The van der Waals surface area contributed by atoms with Crippen molar-refractivity contribution < 1.29 is 19.2 Å². The molecule has 2 heterocycles. The van der Waals surface area contributed by atoms with Crippen molar-refractivity contribution in [2.24, 2.45) is 10.6 Å². The van der Waals surface area contributed by atoms with Gasteiger partial charge in [0.25, 0.3) is 5.91 Å². The Kier molecular flexibility index (Phi) is 6.51. The number of aromatic nitrogens is 2. The standard InChI is InChI=1S/C17H22N4O4S/c1-12(14-6-5-7-26-14)20-25-10-15(22)19-13-8-18-21(9-13)11-24-16(23)17(2,3)4/h5-9H,10-11H2,1-4H3,(H,19,22). The summed E-state index contributed by atoms with van der Waals surface area (Å²) in [5.74, 6) is -0.690. The van der Waals surface area contributed by atoms with Gasteiger partial charge in [0.1, 0.15) is 0 Å². The molecule has 140 valence electrons. The van der Waals surface area contributed by atoms with Crippen molar-refractivity contribution in [1.82, 2.24) is 9.78 Å². The second-order valence-corrected chi connectivity index (χ2v) is 7.50. The van der Waals surface area contributed by atoms with Crippen LogP contribution in [0.2, 0.25) is 0 Å². The third kappa shape index (κ3) is 5.99. The molecule has 9 heteroatoms. The van der Waals surface area contributed by atoms with E-state index < -0.39 is 5.41 Å². The van der Waals surface area contributed by atoms with Crippen LogP contribution in [0.3, 0.4) is 0 Å². The Balaban J connectivity index is 1.77. The van der Waals surface area contributed by atoms with Gasteiger partial charge in [0.15, 0.2) is 13.3 Å². The lowest BCUT2D eigenvalue weighted by molar-refractivity contribution is -0.157. The van der Waals surface area contributed by atoms with Crippen LogP contribution in [0.25, 0.3) is 0 Å². The molecule has 2 aromatic rings. The molecule has 0 unspecified atom stereocenters. The maximum Gasteiger partial charge on any atom is 0.313 e. The maximum atomic E-state index is 11.9. The molecule has 1 amide bonds. The Labute approximate surface area is 155 Å². The average Bonchev–Trinajstić information content (AvgIpc) is 3.23. The third-order valence-corrected chi connectivity index (χ3v) is 4.11. The zero-order valence-electron chi connectivity index (χ0n) is 15.2. The van der Waals surface area contributed by atoms with Crippen molar-refractivity contribution >= 4 is 34.6 Å². The van der Waals surface area contributed by atoms with Gasteiger partial charge < -0.3 is 14.9 Å². The molecule has 2 rings (SSSR count). The number of carbonyl (C=O) groups excluding carboxylic acids is 2. The van der Waals surface area contributed by atoms with Crippen molar-refractivity contribution in [2.75, 3.05) is 11.9 Å². The van der Waals surface area contributed by atoms with Crippen LogP contribution in [0.4, 0.5) is 5.69 Å². The van der Waals surface area contributed by atoms with E-state index in [4.69, 9.17) is 9.57 Å². The summed E-state index contributed by atoms with van der Waals surface area (Å²) < 4.78 is 6.56. The van der Waals surface area contributed by atoms with E-state index in [-0.39, 0.29) is 25.2 Å². The number of ether oxygens (including phenoxy) is 1. The van der Waals surface area contributed by atoms with E-state index in [0.29, 0.717) is 11.4 Å². The summed E-state index contributed by atoms with van der Waals surface area (Å²) in [5.41, 5.74) is 0.606. The number of rotatable bonds is 7. The minimum absolute atomic E-state index is 0.0211. The van der Waals surface area contributed by atoms with Crippen LogP contribution in [0.5, 0.6) is 0 Å². The fourth-order valence-electron chi connectivity index (χ4n) is 1.75. The molecular weight excluding hydrogens is 356 g/mol. The van der Waals surface area contributed by atoms with Gasteiger partial charge in [-0.05, 0) is 39.1 Å². The molecule has 8 nitrogen and oxygen atoms in total. The number of hydrogen-bond acceptors (Lipinski definition) is 7. The lowest BCUT2D eigenvalue weighted by atomic mass is 9.98. The van der Waals surface area contributed by atoms with Crippen LogP contribution in [-0.2, 0) is 25.9 Å². The number of amides is 1. The van der Waals surface area contributed by atoms with Crippen molar-refractivity contribution in [2.45, 2.75) is 34.4 Å². The van der Waals surface area contributed by atoms with Gasteiger partial charge in [0.05, 0.1) is 34.1 Å². The summed E-state index contributed by atoms with van der Waals surface area (Å²) in [6.45, 7) is 6.89. The van der Waals surface area contributed by atoms with Crippen LogP contribution < -0.4 is 5.32 Å². The second kappa shape index (κ2) is 8.61. The molecule has 0 atom stereocenters. The first-order valence-electron chi connectivity index (χ1n) is 7.95. The number of nitrogens with zero attached hydrogens (tertiary/aromatic N) is 3. The first-order chi connectivity index (χ1) is 12.3. The van der Waals surface area contributed by atoms with Gasteiger partial charge in [-0.25, -0.2) is 4.68 Å². The monoisotopic (exact) mass is 378 g/mol. The highest BCUT2D eigenvalue weighted by atomic mass is 32.1. The Hall–Kier alpha value is -2.68. The molecular formula is C17H22N4O4S. The predicted octanol–water partition coefficient (Wildman–Crippen LogP) is 2.87. The Morgan fingerprint density at radius 1 is 1.38 bits per heavy atom. The number of carbonyl (C=O) groups is 2. The van der Waals surface area contributed by atoms with Crippen molar-refractivity contribution in [3.8, 4) is 0 Å². The second-order valence-electron chi connectivity index (χ2n) is 6.55. The maximum absolute atomic E-state index is 11.9. The zero-order chi connectivity index (χ0) is 19.2. The summed E-state index contributed by atoms with van der Waals surface area (Å²) >= 11 is 1.55. The lowest BCUT2D eigenvalue weighted by Crippen LogP contribution is -2.24. The van der Waals surface area contributed by atoms with E-state index in [9.17, 15) is 9.59 Å². The molecule has 0 radical (unpaired) electrons. The summed E-state index contributed by atoms with van der Waals surface area (Å²) in [6.07, 6.45) is 3.02. The molecule has 0 saturated carbocycles. The minimum Gasteiger partial charge on any atom is -0.442 e. The van der Waals surface area contributed by atoms with Gasteiger partial charge >= 0.3 is 5.97 Å². The average molecular weight is 378 g/mol. The molecule has 0 aromatic carbocycles. The van der Waals surface area contributed by atoms with Crippen molar-refractivity contribution in [3.05, 3.63) is 34.8 Å². The first kappa shape index (κ1) is 19.6. The van der Waals surface area contributed by atoms with Gasteiger partial charge in [-0.2, -0.15) is 5.10 Å². The Morgan fingerprint density at radius 3 is 2.81 bits per heavy atom. The molecule has 0 aliphatic rings. The first-order valence-corrected chi connectivity index (χ1v) is 8.83. The Morgan fingerprint density at radius 2 is 2.15 bits per heavy atom. The highest BCUT2D eigenvalue weighted by molar-refractivity contribution is 7.12. The Bertz CT molecular complexity index is 775. The number of anilines is 1. The molecule has 0 fully saturated rings. The topological polar surface area (TPSA) is 94.8 Å². The molecule has 26 heavy (non-hydrogen) atoms. The normalized spacial score (nSPS) is 11.9. The lowest BCUT2D eigenvalue weighted by Gasteiger charge is -2.16. The fourth-order valence-corrected chi connectivity index (χ4v) is 2.42. The number of nitrogens with one attached hydrogen (secondary N) is 1. The van der Waals surface area contributed by atoms with Crippen LogP contribution in [0, 0.1) is 5.41 Å². The number of thiophene rings is 1. The van der Waals surface area contributed by atoms with E-state index in [2.05, 4.69) is 15.6 Å². The van der Waals surface area contributed by atoms with Crippen LogP contribution in [0.15, 0.2) is 35.1 Å². The highest BCUT2D eigenvalue weighted by Crippen LogP contribution is 2.15. The predicted molar refractivity (Wildman–Crippen MR) is 98.9 cm³/mol. The van der Waals surface area contributed by atoms with E-state index in [1.165, 1.54) is 10.9 Å². The summed E-state index contributed by atoms with van der Waals surface area (Å²) in [4.78, 5) is 29.6. The van der Waals surface area contributed by atoms with Gasteiger partial charge in [-0.1, -0.05) is 11.2 Å². The molecule has 0 aliphatic carbocycles. The van der Waals surface area contributed by atoms with Crippen LogP contribution >= 0.6 is 11.3 Å². The quantitative estimate of drug-likeness (QED) is 0.454. The molecule has 0 bridgehead atoms. The SMILES string of the molecule is CC(=NOCC(=O)Nc1cnn(COC(=O)C(C)(C)C)c1)c1cccs1. The van der Waals surface area contributed by atoms with Crippen LogP contribution in [0.1, 0.15) is 32.6 Å². The van der Waals surface area contributed by atoms with Crippen LogP contribution in [-0.4, -0.2) is 34.0 Å². The van der Waals surface area contributed by atoms with Gasteiger partial charge in [-0.15, -0.1) is 11.3 Å². The summed E-state index contributed by atoms with van der Waals surface area (Å²) in [5, 5.41) is 12.5. The molecule has 2 aromatic heterocycles. The smallest absolute Gasteiger partial charge is 0.313 e. The van der Waals surface area contributed by atoms with E-state index in [0.717, 1.165) is 4.88 Å². The van der Waals surface area contributed by atoms with Gasteiger partial charge in [-0.3, -0.25) is 9.59 Å². The number of hydrogen-bond donors (Lipinski definition) is 1. The van der Waals surface area contributed by atoms with Crippen molar-refractivity contribution in [1.29, 1.82) is 0 Å². The molecule has 0 saturated heterocycles. The van der Waals surface area contributed by atoms with E-state index in [1.807, 2.05) is 24.4 Å². The fraction of sp³-hybridized carbons (Fsp3) is 0.412. The zero-order valence-corrected chi connectivity index (χ0v) is 16.0. The van der Waals surface area contributed by atoms with Gasteiger partial charge in [0, 0.05) is 0 Å². The van der Waals surface area contributed by atoms with E-state index >= 15 is 0 Å². The molecule has 0 aliphatic heterocycles. The van der Waals surface area contributed by atoms with E-state index in [1.54, 1.807) is 38.3 Å².